The van der Waals surface area contributed by atoms with E-state index in [1.807, 2.05) is 0 Å². The van der Waals surface area contributed by atoms with Crippen LogP contribution in [0.4, 0.5) is 0 Å². The molecule has 2 rings (SSSR count). The first kappa shape index (κ1) is 15.8. The third kappa shape index (κ3) is 4.74. The Balaban J connectivity index is 1.59. The van der Waals surface area contributed by atoms with Crippen LogP contribution in [-0.2, 0) is 4.79 Å². The van der Waals surface area contributed by atoms with E-state index in [-0.39, 0.29) is 11.8 Å². The van der Waals surface area contributed by atoms with Crippen LogP contribution in [0.5, 0.6) is 0 Å². The van der Waals surface area contributed by atoms with Crippen LogP contribution < -0.4 is 16.4 Å². The topological polar surface area (TPSA) is 67.2 Å². The number of amides is 1. The molecule has 0 saturated heterocycles. The SMILES string of the molecule is NC[C@H]1CCC[C@H]1C(=O)NCCNC1CCCCCC1. The molecule has 0 heterocycles. The Hall–Kier alpha value is -0.610. The van der Waals surface area contributed by atoms with Gasteiger partial charge in [-0.15, -0.1) is 0 Å². The highest BCUT2D eigenvalue weighted by molar-refractivity contribution is 5.79. The Morgan fingerprint density at radius 1 is 0.950 bits per heavy atom. The first-order valence-electron chi connectivity index (χ1n) is 8.52. The normalized spacial score (nSPS) is 28.2. The second kappa shape index (κ2) is 8.63. The molecule has 2 saturated carbocycles. The smallest absolute Gasteiger partial charge is 0.223 e. The number of carbonyl (C=O) groups excluding carboxylic acids is 1. The van der Waals surface area contributed by atoms with Crippen molar-refractivity contribution in [2.75, 3.05) is 19.6 Å². The maximum atomic E-state index is 12.1. The zero-order chi connectivity index (χ0) is 14.2. The van der Waals surface area contributed by atoms with Gasteiger partial charge >= 0.3 is 0 Å². The van der Waals surface area contributed by atoms with Crippen molar-refractivity contribution in [3.05, 3.63) is 0 Å². The maximum Gasteiger partial charge on any atom is 0.223 e. The Kier molecular flexibility index (Phi) is 6.80. The standard InChI is InChI=1S/C16H31N3O/c17-12-13-6-5-9-15(13)16(20)19-11-10-18-14-7-3-1-2-4-8-14/h13-15,18H,1-12,17H2,(H,19,20)/t13-,15-/m1/s1. The van der Waals surface area contributed by atoms with Crippen molar-refractivity contribution in [2.45, 2.75) is 63.8 Å². The summed E-state index contributed by atoms with van der Waals surface area (Å²) in [6.45, 7) is 2.30. The fraction of sp³-hybridized carbons (Fsp3) is 0.938. The molecule has 0 aromatic rings. The van der Waals surface area contributed by atoms with Crippen LogP contribution >= 0.6 is 0 Å². The first-order valence-corrected chi connectivity index (χ1v) is 8.52. The molecule has 4 nitrogen and oxygen atoms in total. The molecule has 1 amide bonds. The molecule has 0 spiro atoms. The van der Waals surface area contributed by atoms with Gasteiger partial charge in [-0.1, -0.05) is 32.1 Å². The van der Waals surface area contributed by atoms with E-state index in [4.69, 9.17) is 5.73 Å². The van der Waals surface area contributed by atoms with Crippen molar-refractivity contribution in [3.8, 4) is 0 Å². The van der Waals surface area contributed by atoms with Gasteiger partial charge in [-0.05, 0) is 38.1 Å². The number of rotatable bonds is 6. The quantitative estimate of drug-likeness (QED) is 0.513. The van der Waals surface area contributed by atoms with Gasteiger partial charge in [0.25, 0.3) is 0 Å². The van der Waals surface area contributed by atoms with Gasteiger partial charge in [0.1, 0.15) is 0 Å². The average molecular weight is 281 g/mol. The second-order valence-electron chi connectivity index (χ2n) is 6.47. The lowest BCUT2D eigenvalue weighted by atomic mass is 9.95. The van der Waals surface area contributed by atoms with Crippen LogP contribution in [0.1, 0.15) is 57.8 Å². The second-order valence-corrected chi connectivity index (χ2v) is 6.47. The third-order valence-corrected chi connectivity index (χ3v) is 5.01. The lowest BCUT2D eigenvalue weighted by Crippen LogP contribution is -2.40. The van der Waals surface area contributed by atoms with Gasteiger partial charge in [-0.3, -0.25) is 4.79 Å². The molecular weight excluding hydrogens is 250 g/mol. The van der Waals surface area contributed by atoms with Crippen molar-refractivity contribution < 1.29 is 4.79 Å². The molecule has 20 heavy (non-hydrogen) atoms. The van der Waals surface area contributed by atoms with Crippen LogP contribution in [0, 0.1) is 11.8 Å². The molecule has 0 aromatic heterocycles. The highest BCUT2D eigenvalue weighted by Crippen LogP contribution is 2.30. The molecule has 2 aliphatic carbocycles. The number of hydrogen-bond acceptors (Lipinski definition) is 3. The van der Waals surface area contributed by atoms with E-state index < -0.39 is 0 Å². The Labute approximate surface area is 123 Å². The number of hydrogen-bond donors (Lipinski definition) is 3. The van der Waals surface area contributed by atoms with E-state index in [0.29, 0.717) is 18.5 Å². The van der Waals surface area contributed by atoms with Crippen LogP contribution in [0.3, 0.4) is 0 Å². The zero-order valence-corrected chi connectivity index (χ0v) is 12.7. The molecule has 0 radical (unpaired) electrons. The number of carbonyl (C=O) groups is 1. The van der Waals surface area contributed by atoms with E-state index >= 15 is 0 Å². The van der Waals surface area contributed by atoms with Crippen molar-refractivity contribution >= 4 is 5.91 Å². The molecule has 116 valence electrons. The van der Waals surface area contributed by atoms with Crippen molar-refractivity contribution in [3.63, 3.8) is 0 Å². The monoisotopic (exact) mass is 281 g/mol. The van der Waals surface area contributed by atoms with Gasteiger partial charge < -0.3 is 16.4 Å². The third-order valence-electron chi connectivity index (χ3n) is 5.01. The molecule has 2 fully saturated rings. The van der Waals surface area contributed by atoms with E-state index in [9.17, 15) is 4.79 Å². The minimum Gasteiger partial charge on any atom is -0.355 e. The molecule has 4 N–H and O–H groups in total. The fourth-order valence-electron chi connectivity index (χ4n) is 3.74. The van der Waals surface area contributed by atoms with E-state index in [1.165, 1.54) is 38.5 Å². The zero-order valence-electron chi connectivity index (χ0n) is 12.7. The van der Waals surface area contributed by atoms with Gasteiger partial charge in [0.2, 0.25) is 5.91 Å². The summed E-state index contributed by atoms with van der Waals surface area (Å²) < 4.78 is 0. The van der Waals surface area contributed by atoms with E-state index in [1.54, 1.807) is 0 Å². The first-order chi connectivity index (χ1) is 9.81. The summed E-state index contributed by atoms with van der Waals surface area (Å²) in [5.74, 6) is 0.795. The van der Waals surface area contributed by atoms with Gasteiger partial charge in [-0.25, -0.2) is 0 Å². The molecular formula is C16H31N3O. The van der Waals surface area contributed by atoms with Gasteiger partial charge in [0, 0.05) is 25.0 Å². The summed E-state index contributed by atoms with van der Waals surface area (Å²) in [5, 5.41) is 6.68. The van der Waals surface area contributed by atoms with Gasteiger partial charge in [0.15, 0.2) is 0 Å². The lowest BCUT2D eigenvalue weighted by molar-refractivity contribution is -0.125. The molecule has 2 atom stereocenters. The van der Waals surface area contributed by atoms with Gasteiger partial charge in [0.05, 0.1) is 0 Å². The molecule has 0 unspecified atom stereocenters. The number of nitrogens with one attached hydrogen (secondary N) is 2. The Morgan fingerprint density at radius 3 is 2.40 bits per heavy atom. The van der Waals surface area contributed by atoms with Gasteiger partial charge in [-0.2, -0.15) is 0 Å². The predicted octanol–water partition coefficient (Wildman–Crippen LogP) is 1.79. The fourth-order valence-corrected chi connectivity index (χ4v) is 3.74. The number of nitrogens with two attached hydrogens (primary N) is 1. The van der Waals surface area contributed by atoms with Crippen LogP contribution in [0.15, 0.2) is 0 Å². The Morgan fingerprint density at radius 2 is 1.70 bits per heavy atom. The minimum absolute atomic E-state index is 0.165. The summed E-state index contributed by atoms with van der Waals surface area (Å²) >= 11 is 0. The predicted molar refractivity (Wildman–Crippen MR) is 82.4 cm³/mol. The summed E-state index contributed by atoms with van der Waals surface area (Å²) in [7, 11) is 0. The summed E-state index contributed by atoms with van der Waals surface area (Å²) in [6.07, 6.45) is 11.4. The summed E-state index contributed by atoms with van der Waals surface area (Å²) in [4.78, 5) is 12.1. The van der Waals surface area contributed by atoms with E-state index in [2.05, 4.69) is 10.6 Å². The molecule has 0 bridgehead atoms. The van der Waals surface area contributed by atoms with Crippen LogP contribution in [0.25, 0.3) is 0 Å². The largest absolute Gasteiger partial charge is 0.355 e. The highest BCUT2D eigenvalue weighted by atomic mass is 16.1. The van der Waals surface area contributed by atoms with Crippen molar-refractivity contribution in [1.29, 1.82) is 0 Å². The van der Waals surface area contributed by atoms with Crippen LogP contribution in [0.2, 0.25) is 0 Å². The molecule has 0 aromatic carbocycles. The Bertz CT molecular complexity index is 287. The highest BCUT2D eigenvalue weighted by Gasteiger charge is 2.31. The lowest BCUT2D eigenvalue weighted by Gasteiger charge is -2.19. The minimum atomic E-state index is 0.165. The molecule has 0 aliphatic heterocycles. The summed E-state index contributed by atoms with van der Waals surface area (Å²) in [6, 6.07) is 0.665. The molecule has 2 aliphatic rings. The summed E-state index contributed by atoms with van der Waals surface area (Å²) in [5.41, 5.74) is 5.74. The van der Waals surface area contributed by atoms with E-state index in [0.717, 1.165) is 32.4 Å². The van der Waals surface area contributed by atoms with Crippen molar-refractivity contribution in [1.82, 2.24) is 10.6 Å². The van der Waals surface area contributed by atoms with Crippen molar-refractivity contribution in [2.24, 2.45) is 17.6 Å². The maximum absolute atomic E-state index is 12.1. The molecule has 4 heteroatoms. The average Bonchev–Trinajstić information content (AvgIpc) is 2.80. The van der Waals surface area contributed by atoms with Crippen LogP contribution in [-0.4, -0.2) is 31.6 Å².